The lowest BCUT2D eigenvalue weighted by molar-refractivity contribution is -0.149. The highest BCUT2D eigenvalue weighted by Crippen LogP contribution is 2.48. The van der Waals surface area contributed by atoms with Crippen molar-refractivity contribution in [2.45, 2.75) is 85.7 Å². The van der Waals surface area contributed by atoms with E-state index in [9.17, 15) is 9.36 Å². The molecule has 0 radical (unpaired) electrons. The van der Waals surface area contributed by atoms with Crippen molar-refractivity contribution in [3.63, 3.8) is 0 Å². The summed E-state index contributed by atoms with van der Waals surface area (Å²) in [5.74, 6) is -0.646. The van der Waals surface area contributed by atoms with E-state index in [4.69, 9.17) is 22.9 Å². The molecule has 0 saturated carbocycles. The average molecular weight is 571 g/mol. The van der Waals surface area contributed by atoms with Crippen LogP contribution in [-0.4, -0.2) is 53.0 Å². The summed E-state index contributed by atoms with van der Waals surface area (Å²) in [7, 11) is -5.56. The lowest BCUT2D eigenvalue weighted by atomic mass is 9.92. The Labute approximate surface area is 232 Å². The molecule has 3 atom stereocenters. The van der Waals surface area contributed by atoms with Crippen molar-refractivity contribution in [2.24, 2.45) is 11.8 Å². The number of hydrogen-bond acceptors (Lipinski definition) is 7. The Hall–Kier alpha value is -1.28. The van der Waals surface area contributed by atoms with Crippen LogP contribution >= 0.6 is 7.60 Å². The normalized spacial score (nSPS) is 15.1. The fourth-order valence-corrected chi connectivity index (χ4v) is 5.96. The molecule has 1 aromatic carbocycles. The molecular weight excluding hydrogens is 519 g/mol. The maximum absolute atomic E-state index is 12.9. The van der Waals surface area contributed by atoms with Gasteiger partial charge in [0.05, 0.1) is 26.4 Å². The first-order chi connectivity index (χ1) is 17.6. The van der Waals surface area contributed by atoms with E-state index >= 15 is 0 Å². The second-order valence-corrected chi connectivity index (χ2v) is 18.3. The number of rotatable bonds is 18. The van der Waals surface area contributed by atoms with Gasteiger partial charge in [-0.1, -0.05) is 77.1 Å². The van der Waals surface area contributed by atoms with Gasteiger partial charge in [0.2, 0.25) is 0 Å². The molecule has 0 bridgehead atoms. The molecule has 0 fully saturated rings. The molecular formula is C29H51O7PSi. The molecule has 1 aromatic rings. The van der Waals surface area contributed by atoms with Gasteiger partial charge >= 0.3 is 13.6 Å². The third-order valence-electron chi connectivity index (χ3n) is 7.04. The molecule has 0 N–H and O–H groups in total. The van der Waals surface area contributed by atoms with E-state index in [2.05, 4.69) is 47.4 Å². The van der Waals surface area contributed by atoms with Crippen molar-refractivity contribution in [2.75, 3.05) is 32.6 Å². The molecule has 0 aromatic heterocycles. The second-order valence-electron chi connectivity index (χ2n) is 11.4. The average Bonchev–Trinajstić information content (AvgIpc) is 2.82. The molecule has 1 rings (SSSR count). The monoisotopic (exact) mass is 570 g/mol. The largest absolute Gasteiger partial charge is 0.461 e. The number of benzene rings is 1. The first-order valence-corrected chi connectivity index (χ1v) is 18.3. The van der Waals surface area contributed by atoms with E-state index in [0.29, 0.717) is 26.2 Å². The molecule has 0 spiro atoms. The van der Waals surface area contributed by atoms with Crippen molar-refractivity contribution in [1.82, 2.24) is 0 Å². The SMILES string of the molecule is C=C(C[C@@H](OC(=O)CP(=O)(OCC)OCC)[C@H](C)CO[Si](C)(C)C(C)(C)C)[C@H](C)COCc1ccccc1. The summed E-state index contributed by atoms with van der Waals surface area (Å²) in [6.07, 6.45) is -0.464. The standard InChI is InChI=1S/C29H51O7PSi/c1-11-33-37(31,34-12-2)22-28(30)36-27(25(5)20-35-38(9,10)29(6,7)8)18-23(3)24(4)19-32-21-26-16-14-13-15-17-26/h13-17,24-25,27H,3,11-12,18-22H2,1-2,4-10H3/t24-,25-,27-/m1/s1. The maximum Gasteiger partial charge on any atom is 0.341 e. The summed E-state index contributed by atoms with van der Waals surface area (Å²) in [5.41, 5.74) is 2.04. The van der Waals surface area contributed by atoms with Crippen LogP contribution in [0.5, 0.6) is 0 Å². The van der Waals surface area contributed by atoms with Gasteiger partial charge in [0, 0.05) is 24.9 Å². The van der Waals surface area contributed by atoms with E-state index in [-0.39, 0.29) is 30.1 Å². The quantitative estimate of drug-likeness (QED) is 0.0777. The van der Waals surface area contributed by atoms with Crippen molar-refractivity contribution in [3.8, 4) is 0 Å². The van der Waals surface area contributed by atoms with E-state index in [1.807, 2.05) is 37.3 Å². The van der Waals surface area contributed by atoms with Crippen molar-refractivity contribution >= 4 is 21.9 Å². The summed E-state index contributed by atoms with van der Waals surface area (Å²) < 4.78 is 41.8. The minimum absolute atomic E-state index is 0.0615. The van der Waals surface area contributed by atoms with Gasteiger partial charge in [0.1, 0.15) is 12.3 Å². The Morgan fingerprint density at radius 1 is 1.03 bits per heavy atom. The topological polar surface area (TPSA) is 80.3 Å². The summed E-state index contributed by atoms with van der Waals surface area (Å²) in [6, 6.07) is 10.0. The minimum atomic E-state index is -3.56. The van der Waals surface area contributed by atoms with Gasteiger partial charge in [0.15, 0.2) is 8.32 Å². The fourth-order valence-electron chi connectivity index (χ4n) is 3.41. The molecule has 0 aliphatic carbocycles. The molecule has 9 heteroatoms. The lowest BCUT2D eigenvalue weighted by Gasteiger charge is -2.38. The maximum atomic E-state index is 12.9. The minimum Gasteiger partial charge on any atom is -0.461 e. The molecule has 38 heavy (non-hydrogen) atoms. The van der Waals surface area contributed by atoms with Gasteiger partial charge in [-0.15, -0.1) is 0 Å². The van der Waals surface area contributed by atoms with Crippen molar-refractivity contribution in [3.05, 3.63) is 48.0 Å². The highest BCUT2D eigenvalue weighted by Gasteiger charge is 2.38. The van der Waals surface area contributed by atoms with E-state index in [1.165, 1.54) is 0 Å². The van der Waals surface area contributed by atoms with Crippen LogP contribution in [0.2, 0.25) is 18.1 Å². The first-order valence-electron chi connectivity index (χ1n) is 13.6. The number of carbonyl (C=O) groups is 1. The Morgan fingerprint density at radius 3 is 2.13 bits per heavy atom. The predicted molar refractivity (Wildman–Crippen MR) is 157 cm³/mol. The van der Waals surface area contributed by atoms with E-state index < -0.39 is 34.1 Å². The summed E-state index contributed by atoms with van der Waals surface area (Å²) >= 11 is 0. The van der Waals surface area contributed by atoms with Crippen LogP contribution in [0, 0.1) is 11.8 Å². The van der Waals surface area contributed by atoms with E-state index in [1.54, 1.807) is 13.8 Å². The van der Waals surface area contributed by atoms with Gasteiger partial charge in [0.25, 0.3) is 0 Å². The lowest BCUT2D eigenvalue weighted by Crippen LogP contribution is -2.43. The van der Waals surface area contributed by atoms with Gasteiger partial charge in [-0.2, -0.15) is 0 Å². The molecule has 0 amide bonds. The molecule has 0 heterocycles. The Bertz CT molecular complexity index is 888. The Morgan fingerprint density at radius 2 is 1.61 bits per heavy atom. The first kappa shape index (κ1) is 34.7. The summed E-state index contributed by atoms with van der Waals surface area (Å²) in [6.45, 7) is 24.6. The van der Waals surface area contributed by atoms with Gasteiger partial charge in [-0.05, 0) is 37.5 Å². The zero-order chi connectivity index (χ0) is 29.0. The Kier molecular flexibility index (Phi) is 14.7. The second kappa shape index (κ2) is 16.1. The van der Waals surface area contributed by atoms with E-state index in [0.717, 1.165) is 11.1 Å². The fraction of sp³-hybridized carbons (Fsp3) is 0.690. The van der Waals surface area contributed by atoms with Gasteiger partial charge < -0.3 is 22.9 Å². The van der Waals surface area contributed by atoms with Crippen molar-refractivity contribution in [1.29, 1.82) is 0 Å². The van der Waals surface area contributed by atoms with Crippen LogP contribution in [0.25, 0.3) is 0 Å². The smallest absolute Gasteiger partial charge is 0.341 e. The van der Waals surface area contributed by atoms with Crippen molar-refractivity contribution < 1.29 is 32.3 Å². The third-order valence-corrected chi connectivity index (χ3v) is 13.5. The van der Waals surface area contributed by atoms with Crippen LogP contribution in [0.1, 0.15) is 60.5 Å². The van der Waals surface area contributed by atoms with Gasteiger partial charge in [-0.3, -0.25) is 9.36 Å². The predicted octanol–water partition coefficient (Wildman–Crippen LogP) is 7.62. The number of hydrogen-bond donors (Lipinski definition) is 0. The number of ether oxygens (including phenoxy) is 2. The zero-order valence-electron chi connectivity index (χ0n) is 25.1. The third kappa shape index (κ3) is 12.3. The number of esters is 1. The number of carbonyl (C=O) groups excluding carboxylic acids is 1. The van der Waals surface area contributed by atoms with Crippen LogP contribution in [0.15, 0.2) is 42.5 Å². The molecule has 0 saturated heterocycles. The summed E-state index contributed by atoms with van der Waals surface area (Å²) in [5, 5.41) is 0.0642. The zero-order valence-corrected chi connectivity index (χ0v) is 27.0. The van der Waals surface area contributed by atoms with Crippen LogP contribution in [0.3, 0.4) is 0 Å². The molecule has 218 valence electrons. The Balaban J connectivity index is 2.90. The molecule has 0 unspecified atom stereocenters. The van der Waals surface area contributed by atoms with Crippen LogP contribution in [0.4, 0.5) is 0 Å². The molecule has 0 aliphatic heterocycles. The summed E-state index contributed by atoms with van der Waals surface area (Å²) in [4.78, 5) is 12.9. The molecule has 7 nitrogen and oxygen atoms in total. The van der Waals surface area contributed by atoms with Crippen LogP contribution < -0.4 is 0 Å². The van der Waals surface area contributed by atoms with Crippen LogP contribution in [-0.2, 0) is 38.9 Å². The highest BCUT2D eigenvalue weighted by molar-refractivity contribution is 7.54. The highest BCUT2D eigenvalue weighted by atomic mass is 31.2. The van der Waals surface area contributed by atoms with Gasteiger partial charge in [-0.25, -0.2) is 0 Å². The molecule has 0 aliphatic rings.